The van der Waals surface area contributed by atoms with E-state index in [1.807, 2.05) is 6.07 Å². The number of halogens is 2. The molecule has 1 aromatic rings. The zero-order chi connectivity index (χ0) is 13.8. The van der Waals surface area contributed by atoms with E-state index < -0.39 is 0 Å². The van der Waals surface area contributed by atoms with Gasteiger partial charge in [0.2, 0.25) is 0 Å². The third kappa shape index (κ3) is 4.74. The van der Waals surface area contributed by atoms with Crippen LogP contribution >= 0.6 is 24.8 Å². The van der Waals surface area contributed by atoms with Crippen molar-refractivity contribution in [3.05, 3.63) is 29.8 Å². The molecule has 0 aliphatic carbocycles. The van der Waals surface area contributed by atoms with E-state index in [2.05, 4.69) is 28.4 Å². The third-order valence-electron chi connectivity index (χ3n) is 4.38. The number of nitrogens with one attached hydrogen (secondary N) is 1. The SMILES string of the molecule is COc1cccc(CN2CCOC3(CCNCC3)C2)c1.Cl.Cl. The highest BCUT2D eigenvalue weighted by molar-refractivity contribution is 5.85. The molecule has 2 fully saturated rings. The van der Waals surface area contributed by atoms with Gasteiger partial charge in [-0.1, -0.05) is 12.1 Å². The number of hydrogen-bond donors (Lipinski definition) is 1. The molecular formula is C16H26Cl2N2O2. The fraction of sp³-hybridized carbons (Fsp3) is 0.625. The molecule has 2 aliphatic heterocycles. The van der Waals surface area contributed by atoms with Gasteiger partial charge in [-0.05, 0) is 43.6 Å². The van der Waals surface area contributed by atoms with Gasteiger partial charge in [-0.15, -0.1) is 24.8 Å². The van der Waals surface area contributed by atoms with Crippen LogP contribution in [-0.2, 0) is 11.3 Å². The van der Waals surface area contributed by atoms with Gasteiger partial charge >= 0.3 is 0 Å². The first kappa shape index (κ1) is 19.5. The van der Waals surface area contributed by atoms with Crippen LogP contribution in [-0.4, -0.2) is 50.4 Å². The molecule has 0 radical (unpaired) electrons. The van der Waals surface area contributed by atoms with E-state index in [0.717, 1.165) is 57.9 Å². The summed E-state index contributed by atoms with van der Waals surface area (Å²) in [5, 5.41) is 3.42. The van der Waals surface area contributed by atoms with Crippen LogP contribution in [0.3, 0.4) is 0 Å². The summed E-state index contributed by atoms with van der Waals surface area (Å²) in [7, 11) is 1.72. The molecule has 0 aromatic heterocycles. The Morgan fingerprint density at radius 3 is 2.77 bits per heavy atom. The molecule has 22 heavy (non-hydrogen) atoms. The molecule has 2 saturated heterocycles. The predicted octanol–water partition coefficient (Wildman–Crippen LogP) is 2.49. The quantitative estimate of drug-likeness (QED) is 0.909. The summed E-state index contributed by atoms with van der Waals surface area (Å²) in [5.74, 6) is 0.937. The van der Waals surface area contributed by atoms with Gasteiger partial charge in [0.15, 0.2) is 0 Å². The summed E-state index contributed by atoms with van der Waals surface area (Å²) in [4.78, 5) is 2.52. The Hall–Kier alpha value is -0.520. The highest BCUT2D eigenvalue weighted by atomic mass is 35.5. The molecule has 2 aliphatic rings. The first-order valence-electron chi connectivity index (χ1n) is 7.50. The van der Waals surface area contributed by atoms with Crippen molar-refractivity contribution < 1.29 is 9.47 Å². The zero-order valence-corrected chi connectivity index (χ0v) is 14.7. The monoisotopic (exact) mass is 348 g/mol. The molecule has 4 nitrogen and oxygen atoms in total. The second-order valence-corrected chi connectivity index (χ2v) is 5.84. The maximum Gasteiger partial charge on any atom is 0.119 e. The second-order valence-electron chi connectivity index (χ2n) is 5.84. The fourth-order valence-electron chi connectivity index (χ4n) is 3.27. The van der Waals surface area contributed by atoms with E-state index in [1.54, 1.807) is 7.11 Å². The van der Waals surface area contributed by atoms with Crippen LogP contribution in [0.2, 0.25) is 0 Å². The highest BCUT2D eigenvalue weighted by Gasteiger charge is 2.37. The summed E-state index contributed by atoms with van der Waals surface area (Å²) >= 11 is 0. The van der Waals surface area contributed by atoms with Crippen LogP contribution in [0.1, 0.15) is 18.4 Å². The van der Waals surface area contributed by atoms with Crippen molar-refractivity contribution in [2.24, 2.45) is 0 Å². The minimum atomic E-state index is 0. The Labute approximate surface area is 145 Å². The van der Waals surface area contributed by atoms with E-state index in [-0.39, 0.29) is 30.4 Å². The van der Waals surface area contributed by atoms with E-state index >= 15 is 0 Å². The topological polar surface area (TPSA) is 33.7 Å². The minimum absolute atomic E-state index is 0. The van der Waals surface area contributed by atoms with E-state index in [4.69, 9.17) is 9.47 Å². The summed E-state index contributed by atoms with van der Waals surface area (Å²) in [6.07, 6.45) is 2.25. The summed E-state index contributed by atoms with van der Waals surface area (Å²) < 4.78 is 11.4. The van der Waals surface area contributed by atoms with E-state index in [1.165, 1.54) is 5.56 Å². The summed E-state index contributed by atoms with van der Waals surface area (Å²) in [5.41, 5.74) is 1.40. The van der Waals surface area contributed by atoms with Crippen LogP contribution in [0.25, 0.3) is 0 Å². The van der Waals surface area contributed by atoms with Gasteiger partial charge in [-0.2, -0.15) is 0 Å². The summed E-state index contributed by atoms with van der Waals surface area (Å²) in [6.45, 7) is 6.05. The van der Waals surface area contributed by atoms with E-state index in [0.29, 0.717) is 0 Å². The van der Waals surface area contributed by atoms with Gasteiger partial charge in [-0.25, -0.2) is 0 Å². The molecule has 126 valence electrons. The Bertz CT molecular complexity index is 448. The Morgan fingerprint density at radius 1 is 1.27 bits per heavy atom. The average molecular weight is 349 g/mol. The van der Waals surface area contributed by atoms with Crippen LogP contribution < -0.4 is 10.1 Å². The van der Waals surface area contributed by atoms with E-state index in [9.17, 15) is 0 Å². The Kier molecular flexibility index (Phi) is 7.94. The molecule has 0 saturated carbocycles. The summed E-state index contributed by atoms with van der Waals surface area (Å²) in [6, 6.07) is 8.36. The molecule has 3 rings (SSSR count). The van der Waals surface area contributed by atoms with Crippen molar-refractivity contribution in [3.63, 3.8) is 0 Å². The molecular weight excluding hydrogens is 323 g/mol. The normalized spacial score (nSPS) is 20.8. The van der Waals surface area contributed by atoms with Crippen molar-refractivity contribution in [2.75, 3.05) is 39.9 Å². The van der Waals surface area contributed by atoms with Gasteiger partial charge in [0.25, 0.3) is 0 Å². The first-order valence-corrected chi connectivity index (χ1v) is 7.50. The van der Waals surface area contributed by atoms with Gasteiger partial charge < -0.3 is 14.8 Å². The van der Waals surface area contributed by atoms with Crippen LogP contribution in [0, 0.1) is 0 Å². The first-order chi connectivity index (χ1) is 9.80. The lowest BCUT2D eigenvalue weighted by Crippen LogP contribution is -2.55. The third-order valence-corrected chi connectivity index (χ3v) is 4.38. The molecule has 6 heteroatoms. The maximum absolute atomic E-state index is 6.11. The maximum atomic E-state index is 6.11. The molecule has 2 heterocycles. The molecule has 0 bridgehead atoms. The molecule has 0 unspecified atom stereocenters. The van der Waals surface area contributed by atoms with Gasteiger partial charge in [0.1, 0.15) is 5.75 Å². The average Bonchev–Trinajstić information content (AvgIpc) is 2.48. The van der Waals surface area contributed by atoms with Gasteiger partial charge in [0, 0.05) is 19.6 Å². The lowest BCUT2D eigenvalue weighted by atomic mass is 9.90. The fourth-order valence-corrected chi connectivity index (χ4v) is 3.27. The zero-order valence-electron chi connectivity index (χ0n) is 13.0. The number of ether oxygens (including phenoxy) is 2. The van der Waals surface area contributed by atoms with Crippen molar-refractivity contribution in [3.8, 4) is 5.75 Å². The van der Waals surface area contributed by atoms with Gasteiger partial charge in [0.05, 0.1) is 19.3 Å². The number of benzene rings is 1. The molecule has 1 aromatic carbocycles. The number of nitrogens with zero attached hydrogens (tertiary/aromatic N) is 1. The largest absolute Gasteiger partial charge is 0.497 e. The molecule has 0 atom stereocenters. The Morgan fingerprint density at radius 2 is 2.05 bits per heavy atom. The molecule has 1 spiro atoms. The van der Waals surface area contributed by atoms with Crippen LogP contribution in [0.15, 0.2) is 24.3 Å². The number of hydrogen-bond acceptors (Lipinski definition) is 4. The minimum Gasteiger partial charge on any atom is -0.497 e. The lowest BCUT2D eigenvalue weighted by Gasteiger charge is -2.45. The smallest absolute Gasteiger partial charge is 0.119 e. The van der Waals surface area contributed by atoms with Gasteiger partial charge in [-0.3, -0.25) is 4.90 Å². The van der Waals surface area contributed by atoms with Crippen molar-refractivity contribution in [1.29, 1.82) is 0 Å². The van der Waals surface area contributed by atoms with Crippen LogP contribution in [0.5, 0.6) is 5.75 Å². The molecule has 0 amide bonds. The second kappa shape index (κ2) is 8.94. The standard InChI is InChI=1S/C16H24N2O2.2ClH/c1-19-15-4-2-3-14(11-15)12-18-9-10-20-16(13-18)5-7-17-8-6-16;;/h2-4,11,17H,5-10,12-13H2,1H3;2*1H. The number of piperidine rings is 1. The predicted molar refractivity (Wildman–Crippen MR) is 93.6 cm³/mol. The van der Waals surface area contributed by atoms with Crippen molar-refractivity contribution in [2.45, 2.75) is 25.0 Å². The molecule has 1 N–H and O–H groups in total. The number of methoxy groups -OCH3 is 1. The van der Waals surface area contributed by atoms with Crippen LogP contribution in [0.4, 0.5) is 0 Å². The van der Waals surface area contributed by atoms with Crippen molar-refractivity contribution >= 4 is 24.8 Å². The highest BCUT2D eigenvalue weighted by Crippen LogP contribution is 2.28. The number of morpholine rings is 1. The lowest BCUT2D eigenvalue weighted by molar-refractivity contribution is -0.125. The Balaban J connectivity index is 0.00000121. The van der Waals surface area contributed by atoms with Crippen molar-refractivity contribution in [1.82, 2.24) is 10.2 Å². The number of rotatable bonds is 3.